The van der Waals surface area contributed by atoms with Gasteiger partial charge in [0.1, 0.15) is 12.4 Å². The summed E-state index contributed by atoms with van der Waals surface area (Å²) < 4.78 is 4.46. The standard InChI is InChI=1S/C9H17N2.BrH/c1-3-5-10-7-8-11(9-10)6-4-2;/h7-9H,3-6H2,1-2H3;1H/q+1;/p-1. The summed E-state index contributed by atoms with van der Waals surface area (Å²) in [5.41, 5.74) is 0. The van der Waals surface area contributed by atoms with Crippen LogP contribution in [0.1, 0.15) is 26.7 Å². The summed E-state index contributed by atoms with van der Waals surface area (Å²) in [6.45, 7) is 6.67. The summed E-state index contributed by atoms with van der Waals surface area (Å²) in [4.78, 5) is 0. The lowest BCUT2D eigenvalue weighted by molar-refractivity contribution is -0.696. The zero-order chi connectivity index (χ0) is 8.10. The van der Waals surface area contributed by atoms with Crippen molar-refractivity contribution in [2.45, 2.75) is 39.8 Å². The number of aromatic nitrogens is 2. The molecule has 0 bridgehead atoms. The van der Waals surface area contributed by atoms with E-state index in [4.69, 9.17) is 0 Å². The number of imidazole rings is 1. The average molecular weight is 233 g/mol. The summed E-state index contributed by atoms with van der Waals surface area (Å²) in [5, 5.41) is 0. The van der Waals surface area contributed by atoms with E-state index in [1.807, 2.05) is 0 Å². The van der Waals surface area contributed by atoms with Crippen molar-refractivity contribution in [3.05, 3.63) is 18.7 Å². The molecule has 1 heterocycles. The van der Waals surface area contributed by atoms with Crippen LogP contribution in [0.2, 0.25) is 0 Å². The van der Waals surface area contributed by atoms with E-state index >= 15 is 0 Å². The first-order chi connectivity index (χ1) is 5.36. The first-order valence-electron chi connectivity index (χ1n) is 4.41. The number of rotatable bonds is 4. The van der Waals surface area contributed by atoms with E-state index in [0.29, 0.717) is 0 Å². The van der Waals surface area contributed by atoms with Crippen molar-refractivity contribution in [1.82, 2.24) is 4.57 Å². The lowest BCUT2D eigenvalue weighted by Gasteiger charge is -1.90. The molecule has 0 aliphatic carbocycles. The van der Waals surface area contributed by atoms with Gasteiger partial charge in [0, 0.05) is 0 Å². The molecule has 0 aliphatic rings. The molecule has 0 N–H and O–H groups in total. The van der Waals surface area contributed by atoms with Crippen LogP contribution in [-0.2, 0) is 13.1 Å². The maximum atomic E-state index is 2.23. The first-order valence-corrected chi connectivity index (χ1v) is 4.41. The quantitative estimate of drug-likeness (QED) is 0.566. The third-order valence-corrected chi connectivity index (χ3v) is 1.71. The maximum Gasteiger partial charge on any atom is 0.243 e. The van der Waals surface area contributed by atoms with Crippen molar-refractivity contribution in [3.8, 4) is 0 Å². The molecule has 0 radical (unpaired) electrons. The molecule has 0 saturated carbocycles. The average Bonchev–Trinajstić information content (AvgIpc) is 2.38. The zero-order valence-electron chi connectivity index (χ0n) is 7.83. The zero-order valence-corrected chi connectivity index (χ0v) is 9.42. The fraction of sp³-hybridized carbons (Fsp3) is 0.667. The minimum Gasteiger partial charge on any atom is -1.00 e. The summed E-state index contributed by atoms with van der Waals surface area (Å²) in [5.74, 6) is 0. The van der Waals surface area contributed by atoms with Crippen LogP contribution in [0.4, 0.5) is 0 Å². The van der Waals surface area contributed by atoms with Gasteiger partial charge in [0.15, 0.2) is 0 Å². The summed E-state index contributed by atoms with van der Waals surface area (Å²) in [7, 11) is 0. The molecule has 1 aromatic heterocycles. The smallest absolute Gasteiger partial charge is 0.243 e. The second-order valence-corrected chi connectivity index (χ2v) is 2.89. The SMILES string of the molecule is CCCn1cc[n+](CCC)c1.[Br-]. The van der Waals surface area contributed by atoms with Crippen LogP contribution in [0.3, 0.4) is 0 Å². The summed E-state index contributed by atoms with van der Waals surface area (Å²) >= 11 is 0. The Labute approximate surface area is 85.0 Å². The minimum absolute atomic E-state index is 0. The van der Waals surface area contributed by atoms with Gasteiger partial charge >= 0.3 is 0 Å². The molecule has 0 spiro atoms. The Balaban J connectivity index is 0.00000121. The Hall–Kier alpha value is -0.310. The molecule has 0 saturated heterocycles. The van der Waals surface area contributed by atoms with E-state index < -0.39 is 0 Å². The monoisotopic (exact) mass is 232 g/mol. The maximum absolute atomic E-state index is 2.23. The van der Waals surface area contributed by atoms with Crippen molar-refractivity contribution in [2.24, 2.45) is 0 Å². The van der Waals surface area contributed by atoms with E-state index in [-0.39, 0.29) is 17.0 Å². The molecule has 0 unspecified atom stereocenters. The number of nitrogens with zero attached hydrogens (tertiary/aromatic N) is 2. The molecular formula is C9H17BrN2. The highest BCUT2D eigenvalue weighted by atomic mass is 79.9. The van der Waals surface area contributed by atoms with Gasteiger partial charge in [-0.3, -0.25) is 0 Å². The van der Waals surface area contributed by atoms with E-state index in [0.717, 1.165) is 13.1 Å². The fourth-order valence-electron chi connectivity index (χ4n) is 1.22. The van der Waals surface area contributed by atoms with Gasteiger partial charge < -0.3 is 17.0 Å². The van der Waals surface area contributed by atoms with Gasteiger partial charge in [-0.2, -0.15) is 0 Å². The highest BCUT2D eigenvalue weighted by molar-refractivity contribution is 4.65. The number of halogens is 1. The van der Waals surface area contributed by atoms with Gasteiger partial charge in [-0.05, 0) is 12.8 Å². The first kappa shape index (κ1) is 11.7. The van der Waals surface area contributed by atoms with Gasteiger partial charge in [0.05, 0.1) is 13.1 Å². The Bertz CT molecular complexity index is 188. The molecule has 0 aromatic carbocycles. The lowest BCUT2D eigenvalue weighted by atomic mass is 10.5. The molecule has 0 aliphatic heterocycles. The highest BCUT2D eigenvalue weighted by Crippen LogP contribution is 1.88. The largest absolute Gasteiger partial charge is 1.00 e. The Morgan fingerprint density at radius 1 is 1.25 bits per heavy atom. The van der Waals surface area contributed by atoms with Crippen LogP contribution in [0, 0.1) is 0 Å². The molecule has 1 aromatic rings. The number of aryl methyl sites for hydroxylation is 2. The summed E-state index contributed by atoms with van der Waals surface area (Å²) in [6.07, 6.45) is 8.87. The van der Waals surface area contributed by atoms with Gasteiger partial charge in [0.25, 0.3) is 0 Å². The number of hydrogen-bond donors (Lipinski definition) is 0. The van der Waals surface area contributed by atoms with Crippen LogP contribution in [0.5, 0.6) is 0 Å². The van der Waals surface area contributed by atoms with Gasteiger partial charge in [-0.15, -0.1) is 0 Å². The topological polar surface area (TPSA) is 8.81 Å². The molecule has 2 nitrogen and oxygen atoms in total. The summed E-state index contributed by atoms with van der Waals surface area (Å²) in [6, 6.07) is 0. The predicted octanol–water partition coefficient (Wildman–Crippen LogP) is -1.40. The molecular weight excluding hydrogens is 216 g/mol. The Kier molecular flexibility index (Phi) is 6.07. The molecule has 0 atom stereocenters. The van der Waals surface area contributed by atoms with Crippen molar-refractivity contribution >= 4 is 0 Å². The van der Waals surface area contributed by atoms with Crippen LogP contribution < -0.4 is 21.5 Å². The Morgan fingerprint density at radius 2 is 2.00 bits per heavy atom. The van der Waals surface area contributed by atoms with Crippen molar-refractivity contribution in [3.63, 3.8) is 0 Å². The second kappa shape index (κ2) is 6.23. The molecule has 12 heavy (non-hydrogen) atoms. The van der Waals surface area contributed by atoms with E-state index in [1.165, 1.54) is 12.8 Å². The van der Waals surface area contributed by atoms with E-state index in [9.17, 15) is 0 Å². The molecule has 1 rings (SSSR count). The molecule has 70 valence electrons. The van der Waals surface area contributed by atoms with E-state index in [1.54, 1.807) is 0 Å². The van der Waals surface area contributed by atoms with Gasteiger partial charge in [0.2, 0.25) is 6.33 Å². The van der Waals surface area contributed by atoms with Crippen molar-refractivity contribution < 1.29 is 21.5 Å². The normalized spacial score (nSPS) is 9.50. The lowest BCUT2D eigenvalue weighted by Crippen LogP contribution is -3.00. The fourth-order valence-corrected chi connectivity index (χ4v) is 1.22. The van der Waals surface area contributed by atoms with Crippen LogP contribution in [0.15, 0.2) is 18.7 Å². The van der Waals surface area contributed by atoms with Crippen LogP contribution in [-0.4, -0.2) is 4.57 Å². The van der Waals surface area contributed by atoms with Crippen LogP contribution in [0.25, 0.3) is 0 Å². The van der Waals surface area contributed by atoms with Gasteiger partial charge in [-0.25, -0.2) is 9.13 Å². The predicted molar refractivity (Wildman–Crippen MR) is 45.2 cm³/mol. The van der Waals surface area contributed by atoms with E-state index in [2.05, 4.69) is 41.7 Å². The molecule has 0 fully saturated rings. The molecule has 3 heteroatoms. The van der Waals surface area contributed by atoms with Gasteiger partial charge in [-0.1, -0.05) is 13.8 Å². The second-order valence-electron chi connectivity index (χ2n) is 2.89. The third-order valence-electron chi connectivity index (χ3n) is 1.71. The van der Waals surface area contributed by atoms with Crippen molar-refractivity contribution in [1.29, 1.82) is 0 Å². The van der Waals surface area contributed by atoms with Crippen LogP contribution >= 0.6 is 0 Å². The molecule has 0 amide bonds. The minimum atomic E-state index is 0. The number of hydrogen-bond acceptors (Lipinski definition) is 0. The van der Waals surface area contributed by atoms with Crippen molar-refractivity contribution in [2.75, 3.05) is 0 Å². The highest BCUT2D eigenvalue weighted by Gasteiger charge is 1.99. The third kappa shape index (κ3) is 3.39. The Morgan fingerprint density at radius 3 is 2.58 bits per heavy atom.